The first-order valence-electron chi connectivity index (χ1n) is 16.5. The predicted molar refractivity (Wildman–Crippen MR) is 172 cm³/mol. The predicted octanol–water partition coefficient (Wildman–Crippen LogP) is 11.2. The van der Waals surface area contributed by atoms with Crippen molar-refractivity contribution >= 4 is 20.2 Å². The van der Waals surface area contributed by atoms with Crippen molar-refractivity contribution in [3.8, 4) is 0 Å². The van der Waals surface area contributed by atoms with Gasteiger partial charge < -0.3 is 4.48 Å². The summed E-state index contributed by atoms with van der Waals surface area (Å²) >= 11 is -4.82. The van der Waals surface area contributed by atoms with Gasteiger partial charge in [0.05, 0.1) is 26.2 Å². The zero-order valence-electron chi connectivity index (χ0n) is 28.3. The molecule has 50 heavy (non-hydrogen) atoms. The first-order valence-corrected chi connectivity index (χ1v) is 19.5. The molecule has 0 fully saturated rings. The summed E-state index contributed by atoms with van der Waals surface area (Å²) in [6, 6.07) is 4.72. The first-order chi connectivity index (χ1) is 23.0. The third-order valence-corrected chi connectivity index (χ3v) is 13.7. The van der Waals surface area contributed by atoms with Gasteiger partial charge in [0.1, 0.15) is 0 Å². The summed E-state index contributed by atoms with van der Waals surface area (Å²) in [6.45, 7) is 15.0. The molecule has 2 aromatic carbocycles. The van der Waals surface area contributed by atoms with Crippen LogP contribution in [0.25, 0.3) is 0 Å². The second-order valence-electron chi connectivity index (χ2n) is 12.3. The summed E-state index contributed by atoms with van der Waals surface area (Å²) in [7, 11) is 0. The molecule has 3 nitrogen and oxygen atoms in total. The van der Waals surface area contributed by atoms with E-state index >= 15 is 0 Å². The third kappa shape index (κ3) is 9.22. The van der Waals surface area contributed by atoms with Gasteiger partial charge in [-0.05, 0) is 25.7 Å². The minimum atomic E-state index is -6.53. The summed E-state index contributed by atoms with van der Waals surface area (Å²) in [6.07, 6.45) is -14.3. The second-order valence-corrected chi connectivity index (χ2v) is 16.5. The van der Waals surface area contributed by atoms with E-state index in [0.29, 0.717) is 24.3 Å². The van der Waals surface area contributed by atoms with Gasteiger partial charge in [-0.2, -0.15) is 0 Å². The zero-order chi connectivity index (χ0) is 38.2. The molecule has 0 saturated carbocycles. The standard InChI is InChI=1S/C18H8F12IO2.C16H36N/c19-15(20,21)13(32,16(22,23)24)9-5-1-3-7-11(9)31-12-8-4-2-6-10(12)14(33-31,17(25,26)27)18(28,29)30;1-5-9-13-17(14-10-6-2,15-11-7-3)16-12-8-4/h1-8H;5-16H2,1-4H3/q-1;+1. The van der Waals surface area contributed by atoms with Crippen molar-refractivity contribution in [2.24, 2.45) is 0 Å². The van der Waals surface area contributed by atoms with Crippen molar-refractivity contribution in [3.05, 3.63) is 66.8 Å². The van der Waals surface area contributed by atoms with Crippen LogP contribution < -0.4 is 5.11 Å². The van der Waals surface area contributed by atoms with Crippen molar-refractivity contribution in [2.45, 2.75) is 115 Å². The Hall–Kier alpha value is -1.79. The van der Waals surface area contributed by atoms with Crippen LogP contribution in [0.3, 0.4) is 0 Å². The van der Waals surface area contributed by atoms with Crippen molar-refractivity contribution in [2.75, 3.05) is 26.2 Å². The summed E-state index contributed by atoms with van der Waals surface area (Å²) < 4.78 is 166. The molecule has 2 aromatic rings. The molecule has 288 valence electrons. The summed E-state index contributed by atoms with van der Waals surface area (Å²) in [5.74, 6) is 0. The van der Waals surface area contributed by atoms with Crippen LogP contribution in [0, 0.1) is 7.14 Å². The quantitative estimate of drug-likeness (QED) is 0.108. The molecule has 0 N–H and O–H groups in total. The van der Waals surface area contributed by atoms with Gasteiger partial charge in [0, 0.05) is 0 Å². The van der Waals surface area contributed by atoms with Gasteiger partial charge in [-0.25, -0.2) is 0 Å². The number of halogens is 13. The maximum atomic E-state index is 13.8. The van der Waals surface area contributed by atoms with Crippen LogP contribution in [0.15, 0.2) is 48.5 Å². The summed E-state index contributed by atoms with van der Waals surface area (Å²) in [5.41, 5.74) is -14.4. The van der Waals surface area contributed by atoms with Gasteiger partial charge in [0.25, 0.3) is 0 Å². The van der Waals surface area contributed by atoms with Gasteiger partial charge in [0.2, 0.25) is 0 Å². The number of nitrogens with zero attached hydrogens (tertiary/aromatic N) is 1. The number of benzene rings is 2. The maximum absolute atomic E-state index is 13.8. The van der Waals surface area contributed by atoms with Gasteiger partial charge in [-0.1, -0.05) is 53.4 Å². The molecular formula is C34H44F12INO2. The normalized spacial score (nSPS) is 16.2. The van der Waals surface area contributed by atoms with Gasteiger partial charge in [0.15, 0.2) is 0 Å². The molecular weight excluding hydrogens is 809 g/mol. The van der Waals surface area contributed by atoms with Gasteiger partial charge in [-0.15, -0.1) is 0 Å². The molecule has 3 rings (SSSR count). The summed E-state index contributed by atoms with van der Waals surface area (Å²) in [5, 5.41) is 12.3. The van der Waals surface area contributed by atoms with Crippen LogP contribution in [-0.4, -0.2) is 55.4 Å². The Morgan fingerprint density at radius 3 is 1.30 bits per heavy atom. The van der Waals surface area contributed by atoms with Crippen molar-refractivity contribution in [1.29, 1.82) is 0 Å². The Kier molecular flexibility index (Phi) is 15.4. The molecule has 1 aliphatic heterocycles. The Morgan fingerprint density at radius 2 is 0.940 bits per heavy atom. The number of rotatable bonds is 14. The van der Waals surface area contributed by atoms with Crippen LogP contribution in [0.5, 0.6) is 0 Å². The Bertz CT molecular complexity index is 1280. The average molecular weight is 854 g/mol. The zero-order valence-corrected chi connectivity index (χ0v) is 30.4. The molecule has 0 saturated heterocycles. The number of quaternary nitrogens is 1. The molecule has 16 heteroatoms. The molecule has 0 radical (unpaired) electrons. The van der Waals surface area contributed by atoms with Crippen LogP contribution >= 0.6 is 20.2 Å². The van der Waals surface area contributed by atoms with Gasteiger partial charge >= 0.3 is 184 Å². The van der Waals surface area contributed by atoms with Crippen LogP contribution in [0.4, 0.5) is 52.7 Å². The van der Waals surface area contributed by atoms with E-state index in [4.69, 9.17) is 0 Å². The van der Waals surface area contributed by atoms with E-state index in [1.807, 2.05) is 0 Å². The molecule has 1 aliphatic rings. The SMILES string of the molecule is CCCC[N+](CCCC)(CCCC)CCCC.[O-]C(c1ccccc1I1OC(C(F)(F)F)(C(F)(F)F)c2ccccc21)(C(F)(F)F)C(F)(F)F. The summed E-state index contributed by atoms with van der Waals surface area (Å²) in [4.78, 5) is 0. The molecule has 1 heterocycles. The molecule has 0 aromatic heterocycles. The molecule has 0 bridgehead atoms. The van der Waals surface area contributed by atoms with E-state index in [9.17, 15) is 57.8 Å². The van der Waals surface area contributed by atoms with Crippen LogP contribution in [0.2, 0.25) is 0 Å². The van der Waals surface area contributed by atoms with Crippen LogP contribution in [-0.2, 0) is 14.3 Å². The Labute approximate surface area is 292 Å². The number of fused-ring (bicyclic) bond motifs is 1. The fourth-order valence-corrected chi connectivity index (χ4v) is 11.5. The third-order valence-electron chi connectivity index (χ3n) is 8.61. The fourth-order valence-electron chi connectivity index (χ4n) is 5.81. The van der Waals surface area contributed by atoms with E-state index in [1.54, 1.807) is 0 Å². The topological polar surface area (TPSA) is 32.3 Å². The molecule has 0 spiro atoms. The number of alkyl halides is 12. The van der Waals surface area contributed by atoms with Gasteiger partial charge in [-0.3, -0.25) is 0 Å². The monoisotopic (exact) mass is 853 g/mol. The number of hydrogen-bond donors (Lipinski definition) is 0. The number of hydrogen-bond acceptors (Lipinski definition) is 2. The Morgan fingerprint density at radius 1 is 0.580 bits per heavy atom. The van der Waals surface area contributed by atoms with Crippen molar-refractivity contribution in [1.82, 2.24) is 0 Å². The molecule has 0 amide bonds. The van der Waals surface area contributed by atoms with Crippen molar-refractivity contribution in [3.63, 3.8) is 0 Å². The van der Waals surface area contributed by atoms with Crippen molar-refractivity contribution < 1.29 is 65.3 Å². The van der Waals surface area contributed by atoms with E-state index in [0.717, 1.165) is 18.2 Å². The van der Waals surface area contributed by atoms with E-state index in [1.165, 1.54) is 82.0 Å². The second kappa shape index (κ2) is 17.4. The van der Waals surface area contributed by atoms with E-state index < -0.39 is 74.4 Å². The van der Waals surface area contributed by atoms with E-state index in [2.05, 4.69) is 30.8 Å². The molecule has 0 atom stereocenters. The van der Waals surface area contributed by atoms with Crippen LogP contribution in [0.1, 0.15) is 90.2 Å². The Balaban J connectivity index is 0.000000432. The van der Waals surface area contributed by atoms with E-state index in [-0.39, 0.29) is 6.07 Å². The average Bonchev–Trinajstić information content (AvgIpc) is 3.40. The molecule has 0 aliphatic carbocycles. The minimum absolute atomic E-state index is 0.0773. The fraction of sp³-hybridized carbons (Fsp3) is 0.647. The molecule has 0 unspecified atom stereocenters. The first kappa shape index (κ1) is 44.4. The number of unbranched alkanes of at least 4 members (excludes halogenated alkanes) is 4.